The minimum absolute atomic E-state index is 0.00825. The Kier molecular flexibility index (Phi) is 9.82. The average molecular weight is 591 g/mol. The van der Waals surface area contributed by atoms with Crippen molar-refractivity contribution < 1.29 is 22.4 Å². The molecule has 2 amide bonds. The Labute approximate surface area is 225 Å². The molecule has 3 aromatic carbocycles. The highest BCUT2D eigenvalue weighted by atomic mass is 79.9. The van der Waals surface area contributed by atoms with E-state index in [2.05, 4.69) is 21.2 Å². The van der Waals surface area contributed by atoms with Gasteiger partial charge in [-0.05, 0) is 54.4 Å². The normalized spacial score (nSPS) is 12.0. The van der Waals surface area contributed by atoms with Gasteiger partial charge in [0, 0.05) is 24.0 Å². The van der Waals surface area contributed by atoms with Gasteiger partial charge in [-0.2, -0.15) is 0 Å². The minimum Gasteiger partial charge on any atom is -0.355 e. The Morgan fingerprint density at radius 3 is 2.14 bits per heavy atom. The van der Waals surface area contributed by atoms with Crippen molar-refractivity contribution in [3.05, 3.63) is 100 Å². The molecule has 0 saturated carbocycles. The molecule has 3 aromatic rings. The Bertz CT molecular complexity index is 1300. The van der Waals surface area contributed by atoms with Gasteiger partial charge < -0.3 is 10.2 Å². The number of hydrogen-bond acceptors (Lipinski definition) is 4. The van der Waals surface area contributed by atoms with E-state index in [1.165, 1.54) is 29.2 Å². The number of sulfonamides is 1. The van der Waals surface area contributed by atoms with E-state index < -0.39 is 34.3 Å². The van der Waals surface area contributed by atoms with Crippen molar-refractivity contribution in [2.24, 2.45) is 0 Å². The summed E-state index contributed by atoms with van der Waals surface area (Å²) in [6.07, 6.45) is 1.24. The lowest BCUT2D eigenvalue weighted by molar-refractivity contribution is -0.140. The van der Waals surface area contributed by atoms with Crippen LogP contribution in [0.1, 0.15) is 18.1 Å². The molecule has 0 aliphatic rings. The number of likely N-dealkylation sites (N-methyl/N-ethyl adjacent to an activating group) is 1. The lowest BCUT2D eigenvalue weighted by Gasteiger charge is -2.33. The van der Waals surface area contributed by atoms with Crippen molar-refractivity contribution in [3.8, 4) is 0 Å². The van der Waals surface area contributed by atoms with Crippen LogP contribution in [0.15, 0.2) is 83.3 Å². The molecule has 1 atom stereocenters. The summed E-state index contributed by atoms with van der Waals surface area (Å²) in [4.78, 5) is 28.4. The highest BCUT2D eigenvalue weighted by Crippen LogP contribution is 2.22. The second kappa shape index (κ2) is 12.8. The number of amides is 2. The van der Waals surface area contributed by atoms with Crippen LogP contribution in [0.2, 0.25) is 0 Å². The van der Waals surface area contributed by atoms with E-state index in [1.807, 2.05) is 30.3 Å². The molecule has 3 rings (SSSR count). The molecule has 7 nitrogen and oxygen atoms in total. The average Bonchev–Trinajstić information content (AvgIpc) is 2.86. The first kappa shape index (κ1) is 28.3. The third kappa shape index (κ3) is 8.13. The number of benzene rings is 3. The zero-order chi connectivity index (χ0) is 27.0. The van der Waals surface area contributed by atoms with Crippen LogP contribution in [-0.4, -0.2) is 50.5 Å². The van der Waals surface area contributed by atoms with Gasteiger partial charge in [0.25, 0.3) is 0 Å². The van der Waals surface area contributed by atoms with E-state index in [1.54, 1.807) is 31.2 Å². The van der Waals surface area contributed by atoms with Crippen LogP contribution in [0, 0.1) is 5.82 Å². The molecule has 0 bridgehead atoms. The lowest BCUT2D eigenvalue weighted by atomic mass is 10.0. The predicted molar refractivity (Wildman–Crippen MR) is 146 cm³/mol. The van der Waals surface area contributed by atoms with Gasteiger partial charge in [-0.1, -0.05) is 58.4 Å². The van der Waals surface area contributed by atoms with Crippen molar-refractivity contribution in [3.63, 3.8) is 0 Å². The minimum atomic E-state index is -3.83. The summed E-state index contributed by atoms with van der Waals surface area (Å²) in [6.45, 7) is 1.62. The van der Waals surface area contributed by atoms with Crippen molar-refractivity contribution in [2.45, 2.75) is 25.9 Å². The molecule has 0 radical (unpaired) electrons. The second-order valence-electron chi connectivity index (χ2n) is 8.49. The van der Waals surface area contributed by atoms with Crippen molar-refractivity contribution in [2.75, 3.05) is 23.7 Å². The number of halogens is 2. The SMILES string of the molecule is CCNC(=O)[C@@H](Cc1ccccc1)N(Cc1ccc(F)cc1)C(=O)CN(c1ccc(Br)cc1)S(C)(=O)=O. The number of nitrogens with one attached hydrogen (secondary N) is 1. The molecule has 0 aromatic heterocycles. The van der Waals surface area contributed by atoms with Gasteiger partial charge in [-0.25, -0.2) is 12.8 Å². The summed E-state index contributed by atoms with van der Waals surface area (Å²) in [5.41, 5.74) is 1.76. The fourth-order valence-corrected chi connectivity index (χ4v) is 4.97. The molecule has 196 valence electrons. The summed E-state index contributed by atoms with van der Waals surface area (Å²) >= 11 is 3.33. The first-order chi connectivity index (χ1) is 17.6. The van der Waals surface area contributed by atoms with E-state index >= 15 is 0 Å². The quantitative estimate of drug-likeness (QED) is 0.364. The number of carbonyl (C=O) groups is 2. The Hall–Kier alpha value is -3.24. The van der Waals surface area contributed by atoms with Crippen molar-refractivity contribution >= 4 is 43.5 Å². The first-order valence-corrected chi connectivity index (χ1v) is 14.3. The predicted octanol–water partition coefficient (Wildman–Crippen LogP) is 4.13. The molecule has 0 aliphatic carbocycles. The van der Waals surface area contributed by atoms with Gasteiger partial charge in [-0.3, -0.25) is 13.9 Å². The molecule has 10 heteroatoms. The standard InChI is InChI=1S/C27H29BrFN3O4S/c1-3-30-27(34)25(17-20-7-5-4-6-8-20)31(18-21-9-13-23(29)14-10-21)26(33)19-32(37(2,35)36)24-15-11-22(28)12-16-24/h4-16,25H,3,17-19H2,1-2H3,(H,30,34)/t25-/m1/s1. The van der Waals surface area contributed by atoms with E-state index in [0.717, 1.165) is 20.6 Å². The van der Waals surface area contributed by atoms with Crippen LogP contribution in [0.3, 0.4) is 0 Å². The number of anilines is 1. The van der Waals surface area contributed by atoms with E-state index in [-0.39, 0.29) is 18.9 Å². The van der Waals surface area contributed by atoms with Crippen molar-refractivity contribution in [1.29, 1.82) is 0 Å². The third-order valence-electron chi connectivity index (χ3n) is 5.68. The largest absolute Gasteiger partial charge is 0.355 e. The molecule has 0 heterocycles. The first-order valence-electron chi connectivity index (χ1n) is 11.7. The third-order valence-corrected chi connectivity index (χ3v) is 7.35. The maximum absolute atomic E-state index is 13.8. The topological polar surface area (TPSA) is 86.8 Å². The molecule has 0 spiro atoms. The Morgan fingerprint density at radius 1 is 0.946 bits per heavy atom. The van der Waals surface area contributed by atoms with Gasteiger partial charge in [0.15, 0.2) is 0 Å². The zero-order valence-corrected chi connectivity index (χ0v) is 23.0. The monoisotopic (exact) mass is 589 g/mol. The number of nitrogens with zero attached hydrogens (tertiary/aromatic N) is 2. The van der Waals surface area contributed by atoms with Crippen LogP contribution in [0.5, 0.6) is 0 Å². The number of rotatable bonds is 11. The summed E-state index contributed by atoms with van der Waals surface area (Å²) in [7, 11) is -3.83. The smallest absolute Gasteiger partial charge is 0.244 e. The van der Waals surface area contributed by atoms with Crippen LogP contribution in [0.4, 0.5) is 10.1 Å². The zero-order valence-electron chi connectivity index (χ0n) is 20.6. The van der Waals surface area contributed by atoms with Crippen LogP contribution < -0.4 is 9.62 Å². The Balaban J connectivity index is 2.02. The molecule has 0 aliphatic heterocycles. The van der Waals surface area contributed by atoms with Crippen LogP contribution in [-0.2, 0) is 32.6 Å². The molecule has 0 unspecified atom stereocenters. The second-order valence-corrected chi connectivity index (χ2v) is 11.3. The molecule has 0 saturated heterocycles. The van der Waals surface area contributed by atoms with Crippen molar-refractivity contribution in [1.82, 2.24) is 10.2 Å². The lowest BCUT2D eigenvalue weighted by Crippen LogP contribution is -2.53. The molecule has 1 N–H and O–H groups in total. The Morgan fingerprint density at radius 2 is 1.57 bits per heavy atom. The summed E-state index contributed by atoms with van der Waals surface area (Å²) < 4.78 is 40.7. The highest BCUT2D eigenvalue weighted by Gasteiger charge is 2.32. The van der Waals surface area contributed by atoms with Crippen LogP contribution in [0.25, 0.3) is 0 Å². The van der Waals surface area contributed by atoms with Crippen LogP contribution >= 0.6 is 15.9 Å². The number of carbonyl (C=O) groups excluding carboxylic acids is 2. The van der Waals surface area contributed by atoms with E-state index in [4.69, 9.17) is 0 Å². The van der Waals surface area contributed by atoms with Gasteiger partial charge in [0.1, 0.15) is 18.4 Å². The van der Waals surface area contributed by atoms with E-state index in [0.29, 0.717) is 17.8 Å². The summed E-state index contributed by atoms with van der Waals surface area (Å²) in [5.74, 6) is -1.36. The fraction of sp³-hybridized carbons (Fsp3) is 0.259. The van der Waals surface area contributed by atoms with Gasteiger partial charge in [0.2, 0.25) is 21.8 Å². The molecular weight excluding hydrogens is 561 g/mol. The van der Waals surface area contributed by atoms with Gasteiger partial charge >= 0.3 is 0 Å². The van der Waals surface area contributed by atoms with Gasteiger partial charge in [0.05, 0.1) is 11.9 Å². The van der Waals surface area contributed by atoms with Gasteiger partial charge in [-0.15, -0.1) is 0 Å². The fourth-order valence-electron chi connectivity index (χ4n) is 3.85. The summed E-state index contributed by atoms with van der Waals surface area (Å²) in [6, 6.07) is 20.5. The maximum Gasteiger partial charge on any atom is 0.244 e. The molecule has 37 heavy (non-hydrogen) atoms. The molecule has 0 fully saturated rings. The summed E-state index contributed by atoms with van der Waals surface area (Å²) in [5, 5.41) is 2.79. The molecular formula is C27H29BrFN3O4S. The van der Waals surface area contributed by atoms with E-state index in [9.17, 15) is 22.4 Å². The number of hydrogen-bond donors (Lipinski definition) is 1. The highest BCUT2D eigenvalue weighted by molar-refractivity contribution is 9.10. The maximum atomic E-state index is 13.8.